The van der Waals surface area contributed by atoms with Crippen LogP contribution in [0.4, 0.5) is 0 Å². The molecule has 19 heavy (non-hydrogen) atoms. The summed E-state index contributed by atoms with van der Waals surface area (Å²) in [6, 6.07) is 5.58. The van der Waals surface area contributed by atoms with Crippen LogP contribution in [0.1, 0.15) is 36.8 Å². The molecule has 0 unspecified atom stereocenters. The summed E-state index contributed by atoms with van der Waals surface area (Å²) in [5.74, 6) is -1.30. The molecule has 5 heteroatoms. The minimum atomic E-state index is -0.360. The van der Waals surface area contributed by atoms with Crippen LogP contribution >= 0.6 is 22.6 Å². The molecular weight excluding hydrogens is 359 g/mol. The fourth-order valence-electron chi connectivity index (χ4n) is 1.84. The Morgan fingerprint density at radius 2 is 1.37 bits per heavy atom. The standard InChI is InChI=1S/C14H17IO4/c1-8(13(16)18-3)10-6-5-7-11(12(10)15)9(2)14(17)19-4/h5-9H,1-4H3/t8-,9-/m1/s1. The van der Waals surface area contributed by atoms with E-state index in [9.17, 15) is 9.59 Å². The van der Waals surface area contributed by atoms with Gasteiger partial charge in [0, 0.05) is 3.57 Å². The maximum atomic E-state index is 11.6. The fraction of sp³-hybridized carbons (Fsp3) is 0.429. The molecule has 0 saturated heterocycles. The molecule has 0 radical (unpaired) electrons. The minimum Gasteiger partial charge on any atom is -0.469 e. The van der Waals surface area contributed by atoms with E-state index >= 15 is 0 Å². The highest BCUT2D eigenvalue weighted by Gasteiger charge is 2.24. The van der Waals surface area contributed by atoms with Crippen LogP contribution in [0.25, 0.3) is 0 Å². The molecule has 0 fully saturated rings. The lowest BCUT2D eigenvalue weighted by molar-refractivity contribution is -0.142. The summed E-state index contributed by atoms with van der Waals surface area (Å²) in [5.41, 5.74) is 1.72. The van der Waals surface area contributed by atoms with Gasteiger partial charge in [-0.25, -0.2) is 0 Å². The topological polar surface area (TPSA) is 52.6 Å². The highest BCUT2D eigenvalue weighted by Crippen LogP contribution is 2.30. The molecule has 0 aromatic heterocycles. The lowest BCUT2D eigenvalue weighted by Crippen LogP contribution is -2.16. The maximum Gasteiger partial charge on any atom is 0.312 e. The summed E-state index contributed by atoms with van der Waals surface area (Å²) in [6.07, 6.45) is 0. The third-order valence-corrected chi connectivity index (χ3v) is 4.35. The zero-order valence-electron chi connectivity index (χ0n) is 11.4. The lowest BCUT2D eigenvalue weighted by atomic mass is 9.94. The number of carbonyl (C=O) groups excluding carboxylic acids is 2. The van der Waals surface area contributed by atoms with Crippen LogP contribution in [0.2, 0.25) is 0 Å². The number of halogens is 1. The first-order valence-electron chi connectivity index (χ1n) is 5.88. The number of hydrogen-bond acceptors (Lipinski definition) is 4. The van der Waals surface area contributed by atoms with E-state index in [4.69, 9.17) is 9.47 Å². The SMILES string of the molecule is COC(=O)[C@H](C)c1cccc([C@@H](C)C(=O)OC)c1I. The summed E-state index contributed by atoms with van der Waals surface area (Å²) in [6.45, 7) is 3.58. The second-order valence-corrected chi connectivity index (χ2v) is 5.32. The summed E-state index contributed by atoms with van der Waals surface area (Å²) in [5, 5.41) is 0. The zero-order chi connectivity index (χ0) is 14.6. The van der Waals surface area contributed by atoms with Crippen LogP contribution in [-0.2, 0) is 19.1 Å². The van der Waals surface area contributed by atoms with E-state index in [2.05, 4.69) is 22.6 Å². The largest absolute Gasteiger partial charge is 0.469 e. The van der Waals surface area contributed by atoms with Gasteiger partial charge in [0.2, 0.25) is 0 Å². The summed E-state index contributed by atoms with van der Waals surface area (Å²) >= 11 is 2.16. The Bertz CT molecular complexity index is 444. The molecule has 104 valence electrons. The lowest BCUT2D eigenvalue weighted by Gasteiger charge is -2.17. The van der Waals surface area contributed by atoms with Gasteiger partial charge in [-0.2, -0.15) is 0 Å². The second kappa shape index (κ2) is 6.88. The van der Waals surface area contributed by atoms with Crippen molar-refractivity contribution in [3.63, 3.8) is 0 Å². The Balaban J connectivity index is 3.18. The van der Waals surface area contributed by atoms with Gasteiger partial charge in [-0.05, 0) is 47.6 Å². The number of ether oxygens (including phenoxy) is 2. The van der Waals surface area contributed by atoms with Gasteiger partial charge < -0.3 is 9.47 Å². The average molecular weight is 376 g/mol. The van der Waals surface area contributed by atoms with Crippen LogP contribution < -0.4 is 0 Å². The van der Waals surface area contributed by atoms with Crippen LogP contribution in [-0.4, -0.2) is 26.2 Å². The van der Waals surface area contributed by atoms with Crippen molar-refractivity contribution in [3.8, 4) is 0 Å². The molecule has 2 atom stereocenters. The molecule has 0 bridgehead atoms. The highest BCUT2D eigenvalue weighted by molar-refractivity contribution is 14.1. The molecule has 0 aliphatic heterocycles. The van der Waals surface area contributed by atoms with Crippen molar-refractivity contribution in [2.45, 2.75) is 25.7 Å². The van der Waals surface area contributed by atoms with Crippen LogP contribution in [0, 0.1) is 3.57 Å². The number of carbonyl (C=O) groups is 2. The maximum absolute atomic E-state index is 11.6. The van der Waals surface area contributed by atoms with Crippen LogP contribution in [0.5, 0.6) is 0 Å². The first kappa shape index (κ1) is 15.9. The average Bonchev–Trinajstić information content (AvgIpc) is 2.44. The van der Waals surface area contributed by atoms with E-state index < -0.39 is 0 Å². The van der Waals surface area contributed by atoms with Crippen LogP contribution in [0.15, 0.2) is 18.2 Å². The molecule has 1 aromatic rings. The van der Waals surface area contributed by atoms with Crippen molar-refractivity contribution in [1.82, 2.24) is 0 Å². The second-order valence-electron chi connectivity index (χ2n) is 4.24. The molecular formula is C14H17IO4. The van der Waals surface area contributed by atoms with Gasteiger partial charge in [-0.3, -0.25) is 9.59 Å². The molecule has 0 aliphatic rings. The van der Waals surface area contributed by atoms with Crippen LogP contribution in [0.3, 0.4) is 0 Å². The Labute approximate surface area is 126 Å². The van der Waals surface area contributed by atoms with Gasteiger partial charge in [-0.1, -0.05) is 18.2 Å². The third-order valence-electron chi connectivity index (χ3n) is 3.10. The summed E-state index contributed by atoms with van der Waals surface area (Å²) in [7, 11) is 2.74. The van der Waals surface area contributed by atoms with Crippen molar-refractivity contribution in [1.29, 1.82) is 0 Å². The van der Waals surface area contributed by atoms with Gasteiger partial charge in [0.15, 0.2) is 0 Å². The number of esters is 2. The van der Waals surface area contributed by atoms with E-state index in [1.54, 1.807) is 13.8 Å². The molecule has 0 amide bonds. The van der Waals surface area contributed by atoms with E-state index in [1.165, 1.54) is 14.2 Å². The predicted octanol–water partition coefficient (Wildman–Crippen LogP) is 2.84. The van der Waals surface area contributed by atoms with E-state index in [0.717, 1.165) is 14.7 Å². The van der Waals surface area contributed by atoms with E-state index in [-0.39, 0.29) is 23.8 Å². The normalized spacial score (nSPS) is 13.5. The predicted molar refractivity (Wildman–Crippen MR) is 80.0 cm³/mol. The van der Waals surface area contributed by atoms with Gasteiger partial charge in [0.25, 0.3) is 0 Å². The number of rotatable bonds is 4. The highest BCUT2D eigenvalue weighted by atomic mass is 127. The van der Waals surface area contributed by atoms with Gasteiger partial charge >= 0.3 is 11.9 Å². The molecule has 0 spiro atoms. The van der Waals surface area contributed by atoms with Crippen molar-refractivity contribution in [3.05, 3.63) is 32.9 Å². The molecule has 1 aromatic carbocycles. The van der Waals surface area contributed by atoms with Gasteiger partial charge in [0.1, 0.15) is 0 Å². The zero-order valence-corrected chi connectivity index (χ0v) is 13.6. The monoisotopic (exact) mass is 376 g/mol. The molecule has 1 rings (SSSR count). The molecule has 0 aliphatic carbocycles. The number of methoxy groups -OCH3 is 2. The van der Waals surface area contributed by atoms with Gasteiger partial charge in [-0.15, -0.1) is 0 Å². The Kier molecular flexibility index (Phi) is 5.78. The number of hydrogen-bond donors (Lipinski definition) is 0. The Morgan fingerprint density at radius 3 is 1.68 bits per heavy atom. The fourth-order valence-corrected chi connectivity index (χ4v) is 3.14. The summed E-state index contributed by atoms with van der Waals surface area (Å²) < 4.78 is 10.4. The Hall–Kier alpha value is -1.11. The Morgan fingerprint density at radius 1 is 1.00 bits per heavy atom. The minimum absolute atomic E-state index is 0.291. The quantitative estimate of drug-likeness (QED) is 0.599. The number of benzene rings is 1. The van der Waals surface area contributed by atoms with E-state index in [1.807, 2.05) is 18.2 Å². The van der Waals surface area contributed by atoms with E-state index in [0.29, 0.717) is 0 Å². The van der Waals surface area contributed by atoms with Crippen molar-refractivity contribution in [2.24, 2.45) is 0 Å². The smallest absolute Gasteiger partial charge is 0.312 e. The molecule has 0 N–H and O–H groups in total. The third kappa shape index (κ3) is 3.46. The van der Waals surface area contributed by atoms with Crippen molar-refractivity contribution < 1.29 is 19.1 Å². The first-order chi connectivity index (χ1) is 8.93. The molecule has 0 saturated carbocycles. The van der Waals surface area contributed by atoms with Gasteiger partial charge in [0.05, 0.1) is 26.1 Å². The first-order valence-corrected chi connectivity index (χ1v) is 6.95. The van der Waals surface area contributed by atoms with Crippen molar-refractivity contribution >= 4 is 34.5 Å². The van der Waals surface area contributed by atoms with Crippen molar-refractivity contribution in [2.75, 3.05) is 14.2 Å². The molecule has 4 nitrogen and oxygen atoms in total. The molecule has 0 heterocycles. The summed E-state index contributed by atoms with van der Waals surface area (Å²) in [4.78, 5) is 23.2.